The third kappa shape index (κ3) is 4.12. The molecule has 0 aliphatic carbocycles. The molecular formula is C19H26N2O4. The van der Waals surface area contributed by atoms with Gasteiger partial charge in [0.15, 0.2) is 0 Å². The zero-order valence-corrected chi connectivity index (χ0v) is 14.8. The predicted molar refractivity (Wildman–Crippen MR) is 93.6 cm³/mol. The Bertz CT molecular complexity index is 613. The molecule has 2 aliphatic heterocycles. The topological polar surface area (TPSA) is 59.1 Å². The number of likely N-dealkylation sites (tertiary alicyclic amines) is 1. The number of nitrogens with zero attached hydrogens (tertiary/aromatic N) is 2. The number of ether oxygens (including phenoxy) is 2. The Labute approximate surface area is 148 Å². The quantitative estimate of drug-likeness (QED) is 0.834. The first kappa shape index (κ1) is 17.7. The minimum atomic E-state index is -0.116. The van der Waals surface area contributed by atoms with Crippen LogP contribution in [0.25, 0.3) is 0 Å². The molecular weight excluding hydrogens is 320 g/mol. The van der Waals surface area contributed by atoms with Gasteiger partial charge < -0.3 is 19.3 Å². The molecule has 1 aromatic rings. The van der Waals surface area contributed by atoms with E-state index >= 15 is 0 Å². The fraction of sp³-hybridized carbons (Fsp3) is 0.579. The molecule has 0 radical (unpaired) electrons. The van der Waals surface area contributed by atoms with Gasteiger partial charge in [0.1, 0.15) is 5.75 Å². The van der Waals surface area contributed by atoms with E-state index in [0.717, 1.165) is 12.8 Å². The predicted octanol–water partition coefficient (Wildman–Crippen LogP) is 1.80. The van der Waals surface area contributed by atoms with Crippen LogP contribution in [0, 0.1) is 5.92 Å². The second-order valence-corrected chi connectivity index (χ2v) is 6.46. The van der Waals surface area contributed by atoms with Crippen molar-refractivity contribution in [2.24, 2.45) is 5.92 Å². The number of morpholine rings is 1. The molecule has 6 nitrogen and oxygen atoms in total. The van der Waals surface area contributed by atoms with Crippen molar-refractivity contribution in [3.05, 3.63) is 29.8 Å². The summed E-state index contributed by atoms with van der Waals surface area (Å²) in [6.45, 7) is 6.09. The number of piperidine rings is 1. The van der Waals surface area contributed by atoms with Gasteiger partial charge in [0.25, 0.3) is 5.91 Å². The molecule has 0 N–H and O–H groups in total. The summed E-state index contributed by atoms with van der Waals surface area (Å²) in [5, 5.41) is 0. The number of amides is 2. The van der Waals surface area contributed by atoms with E-state index in [0.29, 0.717) is 57.3 Å². The third-order valence-electron chi connectivity index (χ3n) is 4.80. The molecule has 2 fully saturated rings. The van der Waals surface area contributed by atoms with Crippen LogP contribution in [-0.4, -0.2) is 67.6 Å². The van der Waals surface area contributed by atoms with Crippen molar-refractivity contribution < 1.29 is 19.1 Å². The fourth-order valence-electron chi connectivity index (χ4n) is 3.50. The van der Waals surface area contributed by atoms with Crippen LogP contribution >= 0.6 is 0 Å². The SMILES string of the molecule is CCOc1ccccc1C(=O)N1CCCC(C(=O)N2CCOCC2)C1. The molecule has 2 aliphatic rings. The molecule has 0 saturated carbocycles. The highest BCUT2D eigenvalue weighted by Gasteiger charge is 2.32. The van der Waals surface area contributed by atoms with Gasteiger partial charge in [0.2, 0.25) is 5.91 Å². The highest BCUT2D eigenvalue weighted by atomic mass is 16.5. The van der Waals surface area contributed by atoms with Crippen LogP contribution in [0.4, 0.5) is 0 Å². The van der Waals surface area contributed by atoms with Crippen LogP contribution < -0.4 is 4.74 Å². The summed E-state index contributed by atoms with van der Waals surface area (Å²) in [6.07, 6.45) is 1.69. The molecule has 0 bridgehead atoms. The van der Waals surface area contributed by atoms with Crippen LogP contribution in [0.2, 0.25) is 0 Å². The van der Waals surface area contributed by atoms with Crippen LogP contribution in [0.1, 0.15) is 30.1 Å². The first-order valence-electron chi connectivity index (χ1n) is 9.08. The van der Waals surface area contributed by atoms with E-state index in [1.807, 2.05) is 30.0 Å². The van der Waals surface area contributed by atoms with E-state index in [1.165, 1.54) is 0 Å². The van der Waals surface area contributed by atoms with Crippen molar-refractivity contribution >= 4 is 11.8 Å². The average Bonchev–Trinajstić information content (AvgIpc) is 2.68. The lowest BCUT2D eigenvalue weighted by Crippen LogP contribution is -2.49. The second kappa shape index (κ2) is 8.34. The number of para-hydroxylation sites is 1. The monoisotopic (exact) mass is 346 g/mol. The van der Waals surface area contributed by atoms with Gasteiger partial charge in [-0.15, -0.1) is 0 Å². The van der Waals surface area contributed by atoms with Crippen molar-refractivity contribution in [1.29, 1.82) is 0 Å². The summed E-state index contributed by atoms with van der Waals surface area (Å²) in [4.78, 5) is 29.3. The Morgan fingerprint density at radius 2 is 1.92 bits per heavy atom. The van der Waals surface area contributed by atoms with Gasteiger partial charge in [0, 0.05) is 26.2 Å². The second-order valence-electron chi connectivity index (χ2n) is 6.46. The summed E-state index contributed by atoms with van der Waals surface area (Å²) < 4.78 is 10.9. The van der Waals surface area contributed by atoms with Crippen LogP contribution in [-0.2, 0) is 9.53 Å². The molecule has 1 aromatic carbocycles. The van der Waals surface area contributed by atoms with Crippen molar-refractivity contribution in [3.8, 4) is 5.75 Å². The average molecular weight is 346 g/mol. The Morgan fingerprint density at radius 1 is 1.16 bits per heavy atom. The van der Waals surface area contributed by atoms with Gasteiger partial charge in [-0.2, -0.15) is 0 Å². The van der Waals surface area contributed by atoms with Gasteiger partial charge in [-0.3, -0.25) is 9.59 Å². The largest absolute Gasteiger partial charge is 0.493 e. The van der Waals surface area contributed by atoms with E-state index in [4.69, 9.17) is 9.47 Å². The summed E-state index contributed by atoms with van der Waals surface area (Å²) in [7, 11) is 0. The minimum absolute atomic E-state index is 0.0523. The van der Waals surface area contributed by atoms with Gasteiger partial charge in [0.05, 0.1) is 31.3 Å². The first-order valence-corrected chi connectivity index (χ1v) is 9.08. The number of carbonyl (C=O) groups excluding carboxylic acids is 2. The Kier molecular flexibility index (Phi) is 5.91. The van der Waals surface area contributed by atoms with Gasteiger partial charge in [-0.25, -0.2) is 0 Å². The van der Waals surface area contributed by atoms with Crippen LogP contribution in [0.3, 0.4) is 0 Å². The standard InChI is InChI=1S/C19H26N2O4/c1-2-25-17-8-4-3-7-16(17)19(23)21-9-5-6-15(14-21)18(22)20-10-12-24-13-11-20/h3-4,7-8,15H,2,5-6,9-14H2,1H3. The molecule has 3 rings (SSSR count). The van der Waals surface area contributed by atoms with Gasteiger partial charge in [-0.05, 0) is 31.9 Å². The molecule has 25 heavy (non-hydrogen) atoms. The van der Waals surface area contributed by atoms with Crippen molar-refractivity contribution in [3.63, 3.8) is 0 Å². The van der Waals surface area contributed by atoms with Crippen molar-refractivity contribution in [2.75, 3.05) is 46.0 Å². The maximum Gasteiger partial charge on any atom is 0.257 e. The molecule has 1 unspecified atom stereocenters. The van der Waals surface area contributed by atoms with E-state index in [-0.39, 0.29) is 17.7 Å². The lowest BCUT2D eigenvalue weighted by Gasteiger charge is -2.36. The first-order chi connectivity index (χ1) is 12.2. The maximum atomic E-state index is 12.9. The molecule has 0 aromatic heterocycles. The van der Waals surface area contributed by atoms with Gasteiger partial charge in [-0.1, -0.05) is 12.1 Å². The van der Waals surface area contributed by atoms with E-state index in [9.17, 15) is 9.59 Å². The summed E-state index contributed by atoms with van der Waals surface area (Å²) in [6, 6.07) is 7.32. The number of rotatable bonds is 4. The van der Waals surface area contributed by atoms with E-state index in [2.05, 4.69) is 0 Å². The number of hydrogen-bond acceptors (Lipinski definition) is 4. The van der Waals surface area contributed by atoms with Gasteiger partial charge >= 0.3 is 0 Å². The molecule has 1 atom stereocenters. The minimum Gasteiger partial charge on any atom is -0.493 e. The Hall–Kier alpha value is -2.08. The van der Waals surface area contributed by atoms with E-state index < -0.39 is 0 Å². The van der Waals surface area contributed by atoms with Crippen LogP contribution in [0.5, 0.6) is 5.75 Å². The summed E-state index contributed by atoms with van der Waals surface area (Å²) in [5.74, 6) is 0.592. The Morgan fingerprint density at radius 3 is 2.68 bits per heavy atom. The lowest BCUT2D eigenvalue weighted by atomic mass is 9.95. The number of benzene rings is 1. The third-order valence-corrected chi connectivity index (χ3v) is 4.80. The molecule has 2 saturated heterocycles. The highest BCUT2D eigenvalue weighted by molar-refractivity contribution is 5.97. The molecule has 2 amide bonds. The summed E-state index contributed by atoms with van der Waals surface area (Å²) in [5.41, 5.74) is 0.573. The number of hydrogen-bond donors (Lipinski definition) is 0. The zero-order chi connectivity index (χ0) is 17.6. The van der Waals surface area contributed by atoms with Crippen LogP contribution in [0.15, 0.2) is 24.3 Å². The molecule has 0 spiro atoms. The zero-order valence-electron chi connectivity index (χ0n) is 14.8. The Balaban J connectivity index is 1.68. The van der Waals surface area contributed by atoms with E-state index in [1.54, 1.807) is 11.0 Å². The maximum absolute atomic E-state index is 12.9. The number of carbonyl (C=O) groups is 2. The molecule has 2 heterocycles. The molecule has 136 valence electrons. The highest BCUT2D eigenvalue weighted by Crippen LogP contribution is 2.25. The lowest BCUT2D eigenvalue weighted by molar-refractivity contribution is -0.141. The fourth-order valence-corrected chi connectivity index (χ4v) is 3.50. The van der Waals surface area contributed by atoms with Crippen molar-refractivity contribution in [1.82, 2.24) is 9.80 Å². The summed E-state index contributed by atoms with van der Waals surface area (Å²) >= 11 is 0. The molecule has 6 heteroatoms. The normalized spacial score (nSPS) is 21.1. The van der Waals surface area contributed by atoms with Crippen molar-refractivity contribution in [2.45, 2.75) is 19.8 Å². The smallest absolute Gasteiger partial charge is 0.257 e.